The number of fused-ring (bicyclic) bond motifs is 1. The van der Waals surface area contributed by atoms with E-state index < -0.39 is 0 Å². The van der Waals surface area contributed by atoms with E-state index >= 15 is 0 Å². The number of benzene rings is 2. The molecule has 4 aromatic rings. The van der Waals surface area contributed by atoms with Crippen LogP contribution in [0.1, 0.15) is 41.9 Å². The Bertz CT molecular complexity index is 1550. The average molecular weight is 501 g/mol. The number of H-pyrrole nitrogens is 1. The summed E-state index contributed by atoms with van der Waals surface area (Å²) in [5.41, 5.74) is 7.53. The quantitative estimate of drug-likeness (QED) is 0.367. The lowest BCUT2D eigenvalue weighted by Crippen LogP contribution is -2.34. The van der Waals surface area contributed by atoms with Gasteiger partial charge in [-0.1, -0.05) is 48.0 Å². The lowest BCUT2D eigenvalue weighted by atomic mass is 10.0. The summed E-state index contributed by atoms with van der Waals surface area (Å²) < 4.78 is 1.66. The number of hydrogen-bond donors (Lipinski definition) is 2. The minimum absolute atomic E-state index is 0.157. The van der Waals surface area contributed by atoms with Gasteiger partial charge in [-0.15, -0.1) is 0 Å². The molecule has 5 rings (SSSR count). The number of aromatic nitrogens is 3. The molecule has 8 nitrogen and oxygen atoms in total. The molecule has 0 bridgehead atoms. The number of para-hydroxylation sites is 1. The second kappa shape index (κ2) is 9.83. The first-order valence-corrected chi connectivity index (χ1v) is 12.1. The molecule has 9 heteroatoms. The first-order chi connectivity index (χ1) is 17.5. The fourth-order valence-corrected chi connectivity index (χ4v) is 5.00. The van der Waals surface area contributed by atoms with Crippen molar-refractivity contribution in [2.75, 3.05) is 12.3 Å². The molecule has 1 aliphatic rings. The molecular weight excluding hydrogens is 476 g/mol. The van der Waals surface area contributed by atoms with E-state index in [1.165, 1.54) is 0 Å². The fraction of sp³-hybridized carbons (Fsp3) is 0.185. The third-order valence-electron chi connectivity index (χ3n) is 6.36. The number of nitrogens with one attached hydrogen (secondary N) is 1. The molecule has 36 heavy (non-hydrogen) atoms. The molecule has 1 fully saturated rings. The predicted molar refractivity (Wildman–Crippen MR) is 144 cm³/mol. The molecule has 0 radical (unpaired) electrons. The van der Waals surface area contributed by atoms with Crippen molar-refractivity contribution in [3.63, 3.8) is 0 Å². The van der Waals surface area contributed by atoms with Crippen molar-refractivity contribution in [1.29, 1.82) is 0 Å². The molecule has 0 unspecified atom stereocenters. The summed E-state index contributed by atoms with van der Waals surface area (Å²) in [7, 11) is 0. The Hall–Kier alpha value is -4.17. The van der Waals surface area contributed by atoms with E-state index in [-0.39, 0.29) is 34.7 Å². The zero-order valence-electron chi connectivity index (χ0n) is 19.7. The van der Waals surface area contributed by atoms with E-state index in [2.05, 4.69) is 15.2 Å². The molecule has 182 valence electrons. The first-order valence-electron chi connectivity index (χ1n) is 11.7. The third-order valence-corrected chi connectivity index (χ3v) is 6.67. The van der Waals surface area contributed by atoms with Gasteiger partial charge in [0.25, 0.3) is 11.5 Å². The number of rotatable bonds is 5. The minimum atomic E-state index is -0.351. The second-order valence-corrected chi connectivity index (χ2v) is 8.95. The Balaban J connectivity index is 1.66. The molecule has 0 saturated carbocycles. The highest BCUT2D eigenvalue weighted by Gasteiger charge is 2.36. The van der Waals surface area contributed by atoms with Gasteiger partial charge >= 0.3 is 0 Å². The van der Waals surface area contributed by atoms with Crippen LogP contribution >= 0.6 is 11.6 Å². The van der Waals surface area contributed by atoms with Crippen molar-refractivity contribution in [3.05, 3.63) is 93.4 Å². The summed E-state index contributed by atoms with van der Waals surface area (Å²) in [4.78, 5) is 33.6. The lowest BCUT2D eigenvalue weighted by Gasteiger charge is -2.28. The lowest BCUT2D eigenvalue weighted by molar-refractivity contribution is 0.0733. The number of carbonyl (C=O) groups excluding carboxylic acids is 1. The van der Waals surface area contributed by atoms with Gasteiger partial charge in [0.2, 0.25) is 0 Å². The van der Waals surface area contributed by atoms with Crippen LogP contribution in [0.2, 0.25) is 5.02 Å². The molecule has 1 amide bonds. The Kier molecular flexibility index (Phi) is 6.43. The van der Waals surface area contributed by atoms with Crippen molar-refractivity contribution in [1.82, 2.24) is 19.7 Å². The number of aliphatic imine (C=N–C) groups is 1. The number of pyridine rings is 1. The van der Waals surface area contributed by atoms with Crippen LogP contribution in [-0.4, -0.2) is 38.3 Å². The van der Waals surface area contributed by atoms with E-state index in [9.17, 15) is 9.59 Å². The highest BCUT2D eigenvalue weighted by Crippen LogP contribution is 2.37. The topological polar surface area (TPSA) is 109 Å². The molecule has 1 aliphatic heterocycles. The first kappa shape index (κ1) is 23.6. The number of allylic oxidation sites excluding steroid dienone is 2. The molecule has 1 atom stereocenters. The molecular formula is C27H25ClN6O2. The number of nitrogen functional groups attached to an aromatic ring is 1. The zero-order valence-corrected chi connectivity index (χ0v) is 20.4. The van der Waals surface area contributed by atoms with Gasteiger partial charge in [-0.2, -0.15) is 5.10 Å². The number of halogens is 1. The number of aromatic amines is 1. The number of nitrogens with two attached hydrogens (primary N) is 1. The van der Waals surface area contributed by atoms with E-state index in [1.54, 1.807) is 27.8 Å². The molecule has 0 spiro atoms. The van der Waals surface area contributed by atoms with Crippen molar-refractivity contribution in [2.24, 2.45) is 4.99 Å². The maximum atomic E-state index is 13.8. The smallest absolute Gasteiger partial charge is 0.264 e. The van der Waals surface area contributed by atoms with Crippen molar-refractivity contribution in [3.8, 4) is 5.69 Å². The van der Waals surface area contributed by atoms with Crippen LogP contribution in [-0.2, 0) is 0 Å². The van der Waals surface area contributed by atoms with Crippen molar-refractivity contribution in [2.45, 2.75) is 25.8 Å². The SMILES string of the molecule is C/C=C\C=N/c1n[nH]c(N)c1C(=O)N1CCC[C@H]1c1cc2cccc(Cl)c2c(=O)n1-c1ccccc1. The Labute approximate surface area is 212 Å². The van der Waals surface area contributed by atoms with Crippen LogP contribution in [0.4, 0.5) is 11.6 Å². The van der Waals surface area contributed by atoms with Gasteiger partial charge in [-0.25, -0.2) is 4.99 Å². The normalized spacial score (nSPS) is 16.1. The molecule has 1 saturated heterocycles. The summed E-state index contributed by atoms with van der Waals surface area (Å²) in [6, 6.07) is 16.4. The monoisotopic (exact) mass is 500 g/mol. The largest absolute Gasteiger partial charge is 0.383 e. The zero-order chi connectivity index (χ0) is 25.2. The third kappa shape index (κ3) is 4.09. The number of nitrogens with zero attached hydrogens (tertiary/aromatic N) is 4. The van der Waals surface area contributed by atoms with E-state index in [0.29, 0.717) is 34.8 Å². The van der Waals surface area contributed by atoms with Gasteiger partial charge in [0.1, 0.15) is 11.4 Å². The Morgan fingerprint density at radius 3 is 2.81 bits per heavy atom. The number of amides is 1. The molecule has 3 N–H and O–H groups in total. The number of hydrogen-bond acceptors (Lipinski definition) is 5. The van der Waals surface area contributed by atoms with Gasteiger partial charge in [0.15, 0.2) is 5.82 Å². The summed E-state index contributed by atoms with van der Waals surface area (Å²) >= 11 is 6.45. The summed E-state index contributed by atoms with van der Waals surface area (Å²) in [6.07, 6.45) is 6.61. The number of anilines is 1. The van der Waals surface area contributed by atoms with Gasteiger partial charge in [0.05, 0.1) is 16.5 Å². The van der Waals surface area contributed by atoms with Gasteiger partial charge < -0.3 is 10.6 Å². The molecule has 3 heterocycles. The standard InChI is InChI=1S/C27H25ClN6O2/c1-2-3-14-30-25-23(24(29)31-32-25)26(35)33-15-8-13-20(33)21-16-17-9-7-12-19(28)22(17)27(36)34(21)18-10-5-4-6-11-18/h2-7,9-12,14,16,20H,8,13,15H2,1H3,(H3,29,31,32)/b3-2-,30-14-/t20-/m0/s1. The summed E-state index contributed by atoms with van der Waals surface area (Å²) in [5.74, 6) is 0.102. The Morgan fingerprint density at radius 2 is 2.03 bits per heavy atom. The van der Waals surface area contributed by atoms with Crippen LogP contribution < -0.4 is 11.3 Å². The summed E-state index contributed by atoms with van der Waals surface area (Å²) in [6.45, 7) is 2.39. The highest BCUT2D eigenvalue weighted by molar-refractivity contribution is 6.35. The van der Waals surface area contributed by atoms with E-state index in [4.69, 9.17) is 17.3 Å². The van der Waals surface area contributed by atoms with Gasteiger partial charge in [-0.3, -0.25) is 19.3 Å². The predicted octanol–water partition coefficient (Wildman–Crippen LogP) is 5.21. The Morgan fingerprint density at radius 1 is 1.22 bits per heavy atom. The van der Waals surface area contributed by atoms with E-state index in [0.717, 1.165) is 11.8 Å². The van der Waals surface area contributed by atoms with Gasteiger partial charge in [0, 0.05) is 24.1 Å². The molecule has 2 aromatic carbocycles. The highest BCUT2D eigenvalue weighted by atomic mass is 35.5. The van der Waals surface area contributed by atoms with Crippen molar-refractivity contribution >= 4 is 46.1 Å². The second-order valence-electron chi connectivity index (χ2n) is 8.55. The molecule has 2 aromatic heterocycles. The number of likely N-dealkylation sites (tertiary alicyclic amines) is 1. The van der Waals surface area contributed by atoms with Crippen LogP contribution in [0.15, 0.2) is 76.5 Å². The van der Waals surface area contributed by atoms with Crippen molar-refractivity contribution < 1.29 is 4.79 Å². The number of carbonyl (C=O) groups is 1. The fourth-order valence-electron chi connectivity index (χ4n) is 4.74. The molecule has 0 aliphatic carbocycles. The van der Waals surface area contributed by atoms with Crippen LogP contribution in [0, 0.1) is 0 Å². The maximum Gasteiger partial charge on any atom is 0.264 e. The van der Waals surface area contributed by atoms with Crippen LogP contribution in [0.25, 0.3) is 16.5 Å². The van der Waals surface area contributed by atoms with Crippen LogP contribution in [0.3, 0.4) is 0 Å². The maximum absolute atomic E-state index is 13.8. The van der Waals surface area contributed by atoms with Crippen LogP contribution in [0.5, 0.6) is 0 Å². The minimum Gasteiger partial charge on any atom is -0.383 e. The summed E-state index contributed by atoms with van der Waals surface area (Å²) in [5, 5.41) is 8.35. The van der Waals surface area contributed by atoms with E-state index in [1.807, 2.05) is 61.5 Å². The average Bonchev–Trinajstić information content (AvgIpc) is 3.51. The van der Waals surface area contributed by atoms with Gasteiger partial charge in [-0.05, 0) is 55.5 Å².